The molecule has 28 heavy (non-hydrogen) atoms. The van der Waals surface area contributed by atoms with Crippen LogP contribution in [0, 0.1) is 5.82 Å². The zero-order valence-electron chi connectivity index (χ0n) is 15.8. The normalized spacial score (nSPS) is 28.2. The lowest BCUT2D eigenvalue weighted by Crippen LogP contribution is -2.63. The molecule has 2 unspecified atom stereocenters. The van der Waals surface area contributed by atoms with Crippen LogP contribution in [0.15, 0.2) is 18.2 Å². The first-order valence-electron chi connectivity index (χ1n) is 8.98. The molecule has 1 amide bonds. The molecule has 156 valence electrons. The van der Waals surface area contributed by atoms with Gasteiger partial charge in [-0.3, -0.25) is 4.90 Å². The van der Waals surface area contributed by atoms with Crippen molar-refractivity contribution in [1.29, 1.82) is 0 Å². The Morgan fingerprint density at radius 3 is 2.25 bits per heavy atom. The molecule has 5 nitrogen and oxygen atoms in total. The number of aliphatic hydroxyl groups is 1. The van der Waals surface area contributed by atoms with Gasteiger partial charge in [0.25, 0.3) is 0 Å². The second-order valence-electron chi connectivity index (χ2n) is 8.40. The van der Waals surface area contributed by atoms with Gasteiger partial charge in [0.05, 0.1) is 36.5 Å². The number of halogens is 4. The Hall–Kier alpha value is -1.87. The maximum atomic E-state index is 13.8. The molecule has 1 aromatic carbocycles. The molecule has 2 heterocycles. The van der Waals surface area contributed by atoms with Crippen LogP contribution >= 0.6 is 0 Å². The number of benzene rings is 1. The predicted molar refractivity (Wildman–Crippen MR) is 91.0 cm³/mol. The van der Waals surface area contributed by atoms with Crippen LogP contribution in [0.1, 0.15) is 44.7 Å². The molecule has 2 aliphatic heterocycles. The Labute approximate surface area is 160 Å². The third-order valence-electron chi connectivity index (χ3n) is 4.92. The molecule has 0 spiro atoms. The minimum atomic E-state index is -4.73. The van der Waals surface area contributed by atoms with E-state index in [0.717, 1.165) is 12.1 Å². The Bertz CT molecular complexity index is 745. The highest BCUT2D eigenvalue weighted by Gasteiger charge is 2.50. The molecule has 0 aliphatic carbocycles. The maximum absolute atomic E-state index is 13.8. The van der Waals surface area contributed by atoms with E-state index in [9.17, 15) is 27.5 Å². The largest absolute Gasteiger partial charge is 0.444 e. The number of nitrogens with zero attached hydrogens (tertiary/aromatic N) is 1. The summed E-state index contributed by atoms with van der Waals surface area (Å²) in [4.78, 5) is 14.1. The molecule has 9 heteroatoms. The van der Waals surface area contributed by atoms with E-state index < -0.39 is 46.9 Å². The second-order valence-corrected chi connectivity index (χ2v) is 8.40. The SMILES string of the molecule is CC(C)(C)OC(=O)N1C2COCC1CC(O)(c1cc(F)cc(C(F)(F)F)c1)C2. The highest BCUT2D eigenvalue weighted by Crippen LogP contribution is 2.43. The molecule has 0 aromatic heterocycles. The van der Waals surface area contributed by atoms with Crippen molar-refractivity contribution in [3.63, 3.8) is 0 Å². The number of carbonyl (C=O) groups excluding carboxylic acids is 1. The van der Waals surface area contributed by atoms with E-state index in [1.54, 1.807) is 20.8 Å². The smallest absolute Gasteiger partial charge is 0.416 e. The minimum Gasteiger partial charge on any atom is -0.444 e. The van der Waals surface area contributed by atoms with Crippen LogP contribution in [0.3, 0.4) is 0 Å². The van der Waals surface area contributed by atoms with Crippen LogP contribution < -0.4 is 0 Å². The molecule has 2 atom stereocenters. The Balaban J connectivity index is 1.91. The zero-order chi connectivity index (χ0) is 20.9. The van der Waals surface area contributed by atoms with Gasteiger partial charge in [0.15, 0.2) is 0 Å². The Morgan fingerprint density at radius 1 is 1.18 bits per heavy atom. The number of morpholine rings is 1. The van der Waals surface area contributed by atoms with Gasteiger partial charge in [-0.25, -0.2) is 9.18 Å². The van der Waals surface area contributed by atoms with Gasteiger partial charge in [0, 0.05) is 12.8 Å². The topological polar surface area (TPSA) is 59.0 Å². The van der Waals surface area contributed by atoms with Gasteiger partial charge < -0.3 is 14.6 Å². The highest BCUT2D eigenvalue weighted by molar-refractivity contribution is 5.69. The summed E-state index contributed by atoms with van der Waals surface area (Å²) in [7, 11) is 0. The van der Waals surface area contributed by atoms with Gasteiger partial charge in [0.2, 0.25) is 0 Å². The predicted octanol–water partition coefficient (Wildman–Crippen LogP) is 3.83. The van der Waals surface area contributed by atoms with E-state index in [2.05, 4.69) is 0 Å². The number of hydrogen-bond acceptors (Lipinski definition) is 4. The Kier molecular flexibility index (Phi) is 5.12. The van der Waals surface area contributed by atoms with Gasteiger partial charge in [-0.1, -0.05) is 0 Å². The third kappa shape index (κ3) is 4.25. The fourth-order valence-electron chi connectivity index (χ4n) is 3.85. The van der Waals surface area contributed by atoms with E-state index in [-0.39, 0.29) is 31.6 Å². The lowest BCUT2D eigenvalue weighted by atomic mass is 9.76. The fourth-order valence-corrected chi connectivity index (χ4v) is 3.85. The van der Waals surface area contributed by atoms with Crippen molar-refractivity contribution in [3.05, 3.63) is 35.1 Å². The van der Waals surface area contributed by atoms with Gasteiger partial charge in [-0.05, 0) is 44.5 Å². The number of alkyl halides is 3. The van der Waals surface area contributed by atoms with Crippen LogP contribution in [-0.4, -0.2) is 47.0 Å². The van der Waals surface area contributed by atoms with Crippen molar-refractivity contribution in [2.24, 2.45) is 0 Å². The lowest BCUT2D eigenvalue weighted by molar-refractivity contribution is -0.143. The molecule has 0 saturated carbocycles. The number of piperidine rings is 1. The van der Waals surface area contributed by atoms with E-state index >= 15 is 0 Å². The summed E-state index contributed by atoms with van der Waals surface area (Å²) in [6.07, 6.45) is -5.46. The molecule has 2 fully saturated rings. The molecular weight excluding hydrogens is 382 g/mol. The second kappa shape index (κ2) is 6.88. The molecule has 2 aliphatic rings. The highest BCUT2D eigenvalue weighted by atomic mass is 19.4. The first-order chi connectivity index (χ1) is 12.8. The van der Waals surface area contributed by atoms with E-state index in [4.69, 9.17) is 9.47 Å². The van der Waals surface area contributed by atoms with Crippen LogP contribution in [0.4, 0.5) is 22.4 Å². The molecule has 2 bridgehead atoms. The molecule has 3 rings (SSSR count). The average Bonchev–Trinajstić information content (AvgIpc) is 2.50. The number of fused-ring (bicyclic) bond motifs is 2. The van der Waals surface area contributed by atoms with Crippen LogP contribution in [0.2, 0.25) is 0 Å². The monoisotopic (exact) mass is 405 g/mol. The summed E-state index contributed by atoms with van der Waals surface area (Å²) in [5, 5.41) is 11.1. The molecular formula is C19H23F4NO4. The van der Waals surface area contributed by atoms with E-state index in [1.807, 2.05) is 0 Å². The van der Waals surface area contributed by atoms with Crippen molar-refractivity contribution in [1.82, 2.24) is 4.90 Å². The summed E-state index contributed by atoms with van der Waals surface area (Å²) < 4.78 is 63.9. The van der Waals surface area contributed by atoms with Crippen molar-refractivity contribution in [3.8, 4) is 0 Å². The van der Waals surface area contributed by atoms with Gasteiger partial charge in [0.1, 0.15) is 11.4 Å². The molecule has 0 radical (unpaired) electrons. The van der Waals surface area contributed by atoms with E-state index in [0.29, 0.717) is 6.07 Å². The minimum absolute atomic E-state index is 0.0799. The number of rotatable bonds is 1. The quantitative estimate of drug-likeness (QED) is 0.722. The van der Waals surface area contributed by atoms with Crippen LogP contribution in [-0.2, 0) is 21.3 Å². The number of ether oxygens (including phenoxy) is 2. The maximum Gasteiger partial charge on any atom is 0.416 e. The summed E-state index contributed by atoms with van der Waals surface area (Å²) in [5.74, 6) is -1.07. The fraction of sp³-hybridized carbons (Fsp3) is 0.632. The summed E-state index contributed by atoms with van der Waals surface area (Å²) in [6.45, 7) is 5.40. The first kappa shape index (κ1) is 20.9. The third-order valence-corrected chi connectivity index (χ3v) is 4.92. The van der Waals surface area contributed by atoms with Crippen molar-refractivity contribution >= 4 is 6.09 Å². The molecule has 1 N–H and O–H groups in total. The van der Waals surface area contributed by atoms with Crippen LogP contribution in [0.5, 0.6) is 0 Å². The lowest BCUT2D eigenvalue weighted by Gasteiger charge is -2.51. The number of hydrogen-bond donors (Lipinski definition) is 1. The van der Waals surface area contributed by atoms with E-state index in [1.165, 1.54) is 4.90 Å². The zero-order valence-corrected chi connectivity index (χ0v) is 15.8. The number of amides is 1. The van der Waals surface area contributed by atoms with Gasteiger partial charge >= 0.3 is 12.3 Å². The summed E-state index contributed by atoms with van der Waals surface area (Å²) in [5.41, 5.74) is -3.74. The van der Waals surface area contributed by atoms with Crippen molar-refractivity contribution < 1.29 is 36.9 Å². The average molecular weight is 405 g/mol. The van der Waals surface area contributed by atoms with Crippen molar-refractivity contribution in [2.75, 3.05) is 13.2 Å². The summed E-state index contributed by atoms with van der Waals surface area (Å²) in [6, 6.07) is 0.889. The van der Waals surface area contributed by atoms with Crippen LogP contribution in [0.25, 0.3) is 0 Å². The van der Waals surface area contributed by atoms with Crippen molar-refractivity contribution in [2.45, 2.75) is 63.1 Å². The Morgan fingerprint density at radius 2 is 1.75 bits per heavy atom. The van der Waals surface area contributed by atoms with Gasteiger partial charge in [-0.15, -0.1) is 0 Å². The molecule has 2 saturated heterocycles. The van der Waals surface area contributed by atoms with Gasteiger partial charge in [-0.2, -0.15) is 13.2 Å². The summed E-state index contributed by atoms with van der Waals surface area (Å²) >= 11 is 0. The first-order valence-corrected chi connectivity index (χ1v) is 8.98. The molecule has 1 aromatic rings. The number of carbonyl (C=O) groups is 1. The standard InChI is InChI=1S/C19H23F4NO4/c1-17(2,3)28-16(25)24-14-7-18(26,8-15(24)10-27-9-14)11-4-12(19(21,22)23)6-13(20)5-11/h4-6,14-15,26H,7-10H2,1-3H3.